The van der Waals surface area contributed by atoms with Crippen LogP contribution in [0.4, 0.5) is 0 Å². The topological polar surface area (TPSA) is 66.4 Å². The van der Waals surface area contributed by atoms with Crippen LogP contribution in [0.25, 0.3) is 10.9 Å². The van der Waals surface area contributed by atoms with E-state index in [0.717, 1.165) is 54.4 Å². The van der Waals surface area contributed by atoms with Crippen LogP contribution in [0.2, 0.25) is 0 Å². The molecule has 174 valence electrons. The third-order valence-electron chi connectivity index (χ3n) is 7.15. The quantitative estimate of drug-likeness (QED) is 0.720. The second-order valence-electron chi connectivity index (χ2n) is 10.6. The Balaban J connectivity index is 1.38. The van der Waals surface area contributed by atoms with Gasteiger partial charge in [0, 0.05) is 47.3 Å². The van der Waals surface area contributed by atoms with Crippen LogP contribution in [0.5, 0.6) is 0 Å². The molecule has 0 unspecified atom stereocenters. The van der Waals surface area contributed by atoms with Gasteiger partial charge in [-0.15, -0.1) is 0 Å². The summed E-state index contributed by atoms with van der Waals surface area (Å²) in [7, 11) is 0. The lowest BCUT2D eigenvalue weighted by Crippen LogP contribution is -2.52. The average Bonchev–Trinajstić information content (AvgIpc) is 3.12. The summed E-state index contributed by atoms with van der Waals surface area (Å²) in [6, 6.07) is 9.06. The first-order valence-corrected chi connectivity index (χ1v) is 12.1. The minimum Gasteiger partial charge on any atom is -0.352 e. The van der Waals surface area contributed by atoms with Gasteiger partial charge in [-0.3, -0.25) is 14.5 Å². The van der Waals surface area contributed by atoms with Crippen molar-refractivity contribution in [2.45, 2.75) is 84.5 Å². The summed E-state index contributed by atoms with van der Waals surface area (Å²) in [5, 5.41) is 7.37. The molecule has 1 aromatic carbocycles. The number of amides is 2. The zero-order chi connectivity index (χ0) is 23.0. The van der Waals surface area contributed by atoms with Gasteiger partial charge in [0.15, 0.2) is 0 Å². The van der Waals surface area contributed by atoms with Crippen molar-refractivity contribution in [3.63, 3.8) is 0 Å². The second-order valence-corrected chi connectivity index (χ2v) is 10.6. The van der Waals surface area contributed by atoms with E-state index in [9.17, 15) is 9.59 Å². The average molecular weight is 439 g/mol. The van der Waals surface area contributed by atoms with Gasteiger partial charge in [-0.25, -0.2) is 0 Å². The molecule has 2 saturated heterocycles. The summed E-state index contributed by atoms with van der Waals surface area (Å²) in [6.07, 6.45) is 4.41. The van der Waals surface area contributed by atoms with Crippen LogP contribution in [0.3, 0.4) is 0 Å². The highest BCUT2D eigenvalue weighted by atomic mass is 16.2. The Morgan fingerprint density at radius 2 is 1.75 bits per heavy atom. The van der Waals surface area contributed by atoms with Crippen molar-refractivity contribution in [3.8, 4) is 0 Å². The predicted molar refractivity (Wildman–Crippen MR) is 129 cm³/mol. The van der Waals surface area contributed by atoms with E-state index in [1.165, 1.54) is 0 Å². The van der Waals surface area contributed by atoms with Crippen LogP contribution in [0.1, 0.15) is 69.4 Å². The van der Waals surface area contributed by atoms with Gasteiger partial charge in [0.05, 0.1) is 12.1 Å². The molecular formula is C26H38N4O2. The molecule has 3 atom stereocenters. The Morgan fingerprint density at radius 3 is 2.38 bits per heavy atom. The van der Waals surface area contributed by atoms with Crippen molar-refractivity contribution in [2.75, 3.05) is 13.1 Å². The van der Waals surface area contributed by atoms with Crippen LogP contribution in [-0.2, 0) is 11.3 Å². The Labute approximate surface area is 191 Å². The van der Waals surface area contributed by atoms with Crippen molar-refractivity contribution >= 4 is 22.7 Å². The molecule has 0 spiro atoms. The smallest absolute Gasteiger partial charge is 0.253 e. The normalized spacial score (nSPS) is 23.5. The molecule has 0 saturated carbocycles. The zero-order valence-corrected chi connectivity index (χ0v) is 20.2. The molecule has 2 N–H and O–H groups in total. The largest absolute Gasteiger partial charge is 0.352 e. The molecule has 0 aliphatic carbocycles. The van der Waals surface area contributed by atoms with Crippen LogP contribution in [0, 0.1) is 12.8 Å². The van der Waals surface area contributed by atoms with E-state index in [-0.39, 0.29) is 17.4 Å². The Morgan fingerprint density at radius 1 is 1.09 bits per heavy atom. The van der Waals surface area contributed by atoms with E-state index in [0.29, 0.717) is 31.1 Å². The van der Waals surface area contributed by atoms with Crippen LogP contribution >= 0.6 is 0 Å². The standard InChI is InChI=1S/C26H38N4O2/c1-6-29-17(2)24(21-9-7-8-10-22(21)29)25(32)27-15-18-13-19-11-12-20(14-18)30(19)16-23(31)28-26(3,4)5/h7-10,18-20H,6,11-16H2,1-5H3,(H,27,32)(H,28,31)/t18-,19-,20+. The van der Waals surface area contributed by atoms with Crippen LogP contribution in [-0.4, -0.2) is 52.0 Å². The number of nitrogens with zero attached hydrogens (tertiary/aromatic N) is 2. The Kier molecular flexibility index (Phi) is 6.35. The number of benzene rings is 1. The first-order valence-electron chi connectivity index (χ1n) is 12.1. The number of aromatic nitrogens is 1. The zero-order valence-electron chi connectivity index (χ0n) is 20.2. The molecule has 1 aromatic heterocycles. The first kappa shape index (κ1) is 22.8. The number of nitrogens with one attached hydrogen (secondary N) is 2. The maximum Gasteiger partial charge on any atom is 0.253 e. The van der Waals surface area contributed by atoms with Gasteiger partial charge in [-0.1, -0.05) is 18.2 Å². The molecule has 2 bridgehead atoms. The number of piperidine rings is 1. The Bertz CT molecular complexity index is 989. The van der Waals surface area contributed by atoms with E-state index >= 15 is 0 Å². The van der Waals surface area contributed by atoms with Crippen molar-refractivity contribution in [1.82, 2.24) is 20.1 Å². The molecule has 32 heavy (non-hydrogen) atoms. The molecule has 2 aromatic rings. The highest BCUT2D eigenvalue weighted by Crippen LogP contribution is 2.38. The highest BCUT2D eigenvalue weighted by molar-refractivity contribution is 6.08. The van der Waals surface area contributed by atoms with Crippen LogP contribution < -0.4 is 10.6 Å². The van der Waals surface area contributed by atoms with Gasteiger partial charge in [-0.2, -0.15) is 0 Å². The first-order chi connectivity index (χ1) is 15.2. The lowest BCUT2D eigenvalue weighted by molar-refractivity contribution is -0.125. The number of aryl methyl sites for hydroxylation is 1. The Hall–Kier alpha value is -2.34. The molecule has 2 fully saturated rings. The minimum atomic E-state index is -0.197. The number of rotatable bonds is 6. The van der Waals surface area contributed by atoms with E-state index in [2.05, 4.69) is 33.1 Å². The monoisotopic (exact) mass is 438 g/mol. The molecule has 6 heteroatoms. The third kappa shape index (κ3) is 4.56. The molecule has 2 aliphatic rings. The van der Waals surface area contributed by atoms with Crippen molar-refractivity contribution < 1.29 is 9.59 Å². The number of fused-ring (bicyclic) bond motifs is 3. The van der Waals surface area contributed by atoms with Gasteiger partial charge in [-0.05, 0) is 72.3 Å². The van der Waals surface area contributed by atoms with E-state index in [4.69, 9.17) is 0 Å². The molecule has 6 nitrogen and oxygen atoms in total. The fourth-order valence-corrected chi connectivity index (χ4v) is 5.89. The molecule has 0 radical (unpaired) electrons. The second kappa shape index (κ2) is 8.89. The molecular weight excluding hydrogens is 400 g/mol. The van der Waals surface area contributed by atoms with E-state index in [1.54, 1.807) is 0 Å². The van der Waals surface area contributed by atoms with Gasteiger partial charge in [0.2, 0.25) is 5.91 Å². The third-order valence-corrected chi connectivity index (χ3v) is 7.15. The molecule has 4 rings (SSSR count). The molecule has 3 heterocycles. The minimum absolute atomic E-state index is 0.0326. The lowest BCUT2D eigenvalue weighted by Gasteiger charge is -2.39. The number of hydrogen-bond donors (Lipinski definition) is 2. The summed E-state index contributed by atoms with van der Waals surface area (Å²) >= 11 is 0. The molecule has 2 amide bonds. The lowest BCUT2D eigenvalue weighted by atomic mass is 9.90. The van der Waals surface area contributed by atoms with Crippen molar-refractivity contribution in [1.29, 1.82) is 0 Å². The van der Waals surface area contributed by atoms with Crippen LogP contribution in [0.15, 0.2) is 24.3 Å². The number of carbonyl (C=O) groups is 2. The summed E-state index contributed by atoms with van der Waals surface area (Å²) in [6.45, 7) is 12.3. The SMILES string of the molecule is CCn1c(C)c(C(=O)NC[C@@H]2C[C@H]3CC[C@@H](C2)N3CC(=O)NC(C)(C)C)c2ccccc21. The fourth-order valence-electron chi connectivity index (χ4n) is 5.89. The van der Waals surface area contributed by atoms with Gasteiger partial charge in [0.1, 0.15) is 0 Å². The van der Waals surface area contributed by atoms with Crippen molar-refractivity contribution in [3.05, 3.63) is 35.5 Å². The molecule has 2 aliphatic heterocycles. The van der Waals surface area contributed by atoms with Gasteiger partial charge < -0.3 is 15.2 Å². The highest BCUT2D eigenvalue weighted by Gasteiger charge is 2.41. The van der Waals surface area contributed by atoms with Gasteiger partial charge in [0.25, 0.3) is 5.91 Å². The maximum atomic E-state index is 13.2. The van der Waals surface area contributed by atoms with E-state index in [1.807, 2.05) is 45.9 Å². The van der Waals surface area contributed by atoms with Gasteiger partial charge >= 0.3 is 0 Å². The number of para-hydroxylation sites is 1. The van der Waals surface area contributed by atoms with Crippen molar-refractivity contribution in [2.24, 2.45) is 5.92 Å². The fraction of sp³-hybridized carbons (Fsp3) is 0.615. The summed E-state index contributed by atoms with van der Waals surface area (Å²) in [5.41, 5.74) is 2.77. The number of hydrogen-bond acceptors (Lipinski definition) is 3. The summed E-state index contributed by atoms with van der Waals surface area (Å²) in [5.74, 6) is 0.618. The maximum absolute atomic E-state index is 13.2. The predicted octanol–water partition coefficient (Wildman–Crippen LogP) is 3.86. The van der Waals surface area contributed by atoms with E-state index < -0.39 is 0 Å². The summed E-state index contributed by atoms with van der Waals surface area (Å²) < 4.78 is 2.21. The number of carbonyl (C=O) groups excluding carboxylic acids is 2. The summed E-state index contributed by atoms with van der Waals surface area (Å²) in [4.78, 5) is 28.0.